The lowest BCUT2D eigenvalue weighted by Gasteiger charge is -2.14. The van der Waals surface area contributed by atoms with Gasteiger partial charge in [0.15, 0.2) is 0 Å². The van der Waals surface area contributed by atoms with Gasteiger partial charge < -0.3 is 15.5 Å². The van der Waals surface area contributed by atoms with Crippen LogP contribution in [0.5, 0.6) is 0 Å². The van der Waals surface area contributed by atoms with E-state index in [2.05, 4.69) is 5.32 Å². The van der Waals surface area contributed by atoms with E-state index >= 15 is 0 Å². The number of thiocarbonyl (C=S) groups is 1. The average molecular weight is 265 g/mol. The monoisotopic (exact) mass is 265 g/mol. The predicted molar refractivity (Wildman–Crippen MR) is 66.8 cm³/mol. The first kappa shape index (κ1) is 15.2. The van der Waals surface area contributed by atoms with E-state index in [0.29, 0.717) is 4.32 Å². The second kappa shape index (κ2) is 8.35. The Morgan fingerprint density at radius 1 is 1.44 bits per heavy atom. The Balaban J connectivity index is 4.07. The maximum Gasteiger partial charge on any atom is 0.326 e. The van der Waals surface area contributed by atoms with Gasteiger partial charge in [-0.3, -0.25) is 4.79 Å². The first-order valence-corrected chi connectivity index (χ1v) is 6.24. The highest BCUT2D eigenvalue weighted by molar-refractivity contribution is 8.22. The van der Waals surface area contributed by atoms with E-state index in [1.54, 1.807) is 0 Å². The molecule has 0 saturated carbocycles. The van der Waals surface area contributed by atoms with Crippen molar-refractivity contribution in [2.24, 2.45) is 0 Å². The van der Waals surface area contributed by atoms with Gasteiger partial charge in [0, 0.05) is 6.42 Å². The normalized spacial score (nSPS) is 11.8. The number of thioether (sulfide) groups is 1. The molecule has 16 heavy (non-hydrogen) atoms. The molecule has 0 saturated heterocycles. The van der Waals surface area contributed by atoms with Gasteiger partial charge in [-0.25, -0.2) is 4.79 Å². The quantitative estimate of drug-likeness (QED) is 0.598. The molecule has 0 spiro atoms. The first-order valence-electron chi connectivity index (χ1n) is 4.85. The molecule has 0 radical (unpaired) electrons. The van der Waals surface area contributed by atoms with Crippen LogP contribution >= 0.6 is 24.0 Å². The molecule has 0 bridgehead atoms. The lowest BCUT2D eigenvalue weighted by molar-refractivity contribution is -0.140. The molecular formula is C9H15NO4S2. The van der Waals surface area contributed by atoms with E-state index in [1.165, 1.54) is 11.8 Å². The summed E-state index contributed by atoms with van der Waals surface area (Å²) >= 11 is 6.30. The summed E-state index contributed by atoms with van der Waals surface area (Å²) in [6.45, 7) is 1.99. The summed E-state index contributed by atoms with van der Waals surface area (Å²) in [5, 5.41) is 19.9. The summed E-state index contributed by atoms with van der Waals surface area (Å²) in [5.41, 5.74) is 0. The summed E-state index contributed by atoms with van der Waals surface area (Å²) in [6, 6.07) is -0.923. The molecule has 92 valence electrons. The lowest BCUT2D eigenvalue weighted by Crippen LogP contribution is -2.39. The van der Waals surface area contributed by atoms with Crippen molar-refractivity contribution in [3.05, 3.63) is 0 Å². The highest BCUT2D eigenvalue weighted by Gasteiger charge is 2.19. The minimum atomic E-state index is -1.08. The number of aliphatic carboxylic acids is 2. The van der Waals surface area contributed by atoms with Crippen molar-refractivity contribution >= 4 is 40.2 Å². The Bertz CT molecular complexity index is 270. The summed E-state index contributed by atoms with van der Waals surface area (Å²) in [7, 11) is 0. The van der Waals surface area contributed by atoms with Gasteiger partial charge in [-0.15, -0.1) is 0 Å². The molecule has 0 aliphatic carbocycles. The predicted octanol–water partition coefficient (Wildman–Crippen LogP) is 1.32. The van der Waals surface area contributed by atoms with Crippen LogP contribution < -0.4 is 5.32 Å². The fraction of sp³-hybridized carbons (Fsp3) is 0.667. The third kappa shape index (κ3) is 7.47. The van der Waals surface area contributed by atoms with Gasteiger partial charge in [-0.2, -0.15) is 0 Å². The second-order valence-corrected chi connectivity index (χ2v) is 4.88. The molecule has 0 fully saturated rings. The van der Waals surface area contributed by atoms with E-state index in [9.17, 15) is 9.59 Å². The molecule has 5 nitrogen and oxygen atoms in total. The highest BCUT2D eigenvalue weighted by Crippen LogP contribution is 2.06. The van der Waals surface area contributed by atoms with Crippen molar-refractivity contribution < 1.29 is 19.8 Å². The van der Waals surface area contributed by atoms with Gasteiger partial charge >= 0.3 is 11.9 Å². The zero-order valence-electron chi connectivity index (χ0n) is 8.93. The number of carboxylic acids is 2. The van der Waals surface area contributed by atoms with Crippen molar-refractivity contribution in [3.8, 4) is 0 Å². The maximum atomic E-state index is 10.8. The van der Waals surface area contributed by atoms with Gasteiger partial charge in [-0.1, -0.05) is 30.9 Å². The van der Waals surface area contributed by atoms with Crippen LogP contribution in [0.15, 0.2) is 0 Å². The molecule has 1 atom stereocenters. The molecule has 7 heteroatoms. The Kier molecular flexibility index (Phi) is 7.92. The minimum Gasteiger partial charge on any atom is -0.481 e. The zero-order chi connectivity index (χ0) is 12.6. The minimum absolute atomic E-state index is 0.0253. The number of hydrogen-bond donors (Lipinski definition) is 3. The molecule has 0 aromatic heterocycles. The van der Waals surface area contributed by atoms with E-state index in [4.69, 9.17) is 22.4 Å². The summed E-state index contributed by atoms with van der Waals surface area (Å²) in [5.74, 6) is -1.28. The van der Waals surface area contributed by atoms with Crippen LogP contribution in [0.3, 0.4) is 0 Å². The number of rotatable bonds is 7. The third-order valence-corrected chi connectivity index (χ3v) is 3.14. The maximum absolute atomic E-state index is 10.8. The highest BCUT2D eigenvalue weighted by atomic mass is 32.2. The molecule has 0 aliphatic heterocycles. The first-order chi connectivity index (χ1) is 7.47. The van der Waals surface area contributed by atoms with Crippen molar-refractivity contribution in [1.82, 2.24) is 5.32 Å². The third-order valence-electron chi connectivity index (χ3n) is 1.67. The van der Waals surface area contributed by atoms with Crippen LogP contribution in [0.4, 0.5) is 0 Å². The number of nitrogens with one attached hydrogen (secondary N) is 1. The molecule has 1 unspecified atom stereocenters. The Morgan fingerprint density at radius 3 is 2.50 bits per heavy atom. The van der Waals surface area contributed by atoms with Crippen molar-refractivity contribution in [3.63, 3.8) is 0 Å². The Hall–Kier alpha value is -0.820. The number of carboxylic acid groups (broad SMARTS) is 2. The van der Waals surface area contributed by atoms with Crippen molar-refractivity contribution in [1.29, 1.82) is 0 Å². The zero-order valence-corrected chi connectivity index (χ0v) is 10.6. The van der Waals surface area contributed by atoms with Gasteiger partial charge in [0.25, 0.3) is 0 Å². The van der Waals surface area contributed by atoms with Gasteiger partial charge in [0.05, 0.1) is 0 Å². The number of hydrogen-bond acceptors (Lipinski definition) is 4. The molecule has 0 aromatic rings. The van der Waals surface area contributed by atoms with Crippen LogP contribution in [-0.4, -0.2) is 38.3 Å². The topological polar surface area (TPSA) is 86.6 Å². The Labute approximate surface area is 104 Å². The molecule has 0 heterocycles. The van der Waals surface area contributed by atoms with Crippen LogP contribution in [0.1, 0.15) is 26.2 Å². The second-order valence-electron chi connectivity index (χ2n) is 3.10. The fourth-order valence-electron chi connectivity index (χ4n) is 0.904. The average Bonchev–Trinajstić information content (AvgIpc) is 2.20. The SMILES string of the molecule is CCCSC(=S)NC(CCC(=O)O)C(=O)O. The van der Waals surface area contributed by atoms with Crippen LogP contribution in [0.25, 0.3) is 0 Å². The van der Waals surface area contributed by atoms with E-state index in [0.717, 1.165) is 12.2 Å². The Morgan fingerprint density at radius 2 is 2.06 bits per heavy atom. The molecule has 0 amide bonds. The van der Waals surface area contributed by atoms with Gasteiger partial charge in [-0.05, 0) is 18.6 Å². The van der Waals surface area contributed by atoms with Gasteiger partial charge in [0.1, 0.15) is 10.4 Å². The van der Waals surface area contributed by atoms with Crippen molar-refractivity contribution in [2.45, 2.75) is 32.2 Å². The molecule has 0 aliphatic rings. The largest absolute Gasteiger partial charge is 0.481 e. The van der Waals surface area contributed by atoms with Gasteiger partial charge in [0.2, 0.25) is 0 Å². The standard InChI is InChI=1S/C9H15NO4S2/c1-2-5-16-9(15)10-6(8(13)14)3-4-7(11)12/h6H,2-5H2,1H3,(H,10,15)(H,11,12)(H,13,14). The van der Waals surface area contributed by atoms with E-state index < -0.39 is 18.0 Å². The summed E-state index contributed by atoms with van der Waals surface area (Å²) in [6.07, 6.45) is 0.780. The molecule has 0 rings (SSSR count). The van der Waals surface area contributed by atoms with Crippen LogP contribution in [0.2, 0.25) is 0 Å². The number of carbonyl (C=O) groups is 2. The van der Waals surface area contributed by atoms with Crippen LogP contribution in [0, 0.1) is 0 Å². The molecule has 3 N–H and O–H groups in total. The van der Waals surface area contributed by atoms with E-state index in [1.807, 2.05) is 6.92 Å². The smallest absolute Gasteiger partial charge is 0.326 e. The lowest BCUT2D eigenvalue weighted by atomic mass is 10.1. The molecule has 0 aromatic carbocycles. The van der Waals surface area contributed by atoms with E-state index in [-0.39, 0.29) is 12.8 Å². The summed E-state index contributed by atoms with van der Waals surface area (Å²) < 4.78 is 0.402. The van der Waals surface area contributed by atoms with Crippen molar-refractivity contribution in [2.75, 3.05) is 5.75 Å². The molecular weight excluding hydrogens is 250 g/mol. The summed E-state index contributed by atoms with van der Waals surface area (Å²) in [4.78, 5) is 21.1. The van der Waals surface area contributed by atoms with Crippen LogP contribution in [-0.2, 0) is 9.59 Å². The fourth-order valence-corrected chi connectivity index (χ4v) is 1.91.